The summed E-state index contributed by atoms with van der Waals surface area (Å²) >= 11 is 0. The van der Waals surface area contributed by atoms with E-state index in [1.807, 2.05) is 36.4 Å². The smallest absolute Gasteiger partial charge is 0.343 e. The van der Waals surface area contributed by atoms with E-state index in [0.717, 1.165) is 38.5 Å². The average Bonchev–Trinajstić information content (AvgIpc) is 2.83. The Bertz CT molecular complexity index is 1000. The molecular formula is C28H30O4. The van der Waals surface area contributed by atoms with Crippen molar-refractivity contribution in [1.29, 1.82) is 0 Å². The first-order valence-electron chi connectivity index (χ1n) is 11.3. The number of unbranched alkanes of at least 4 members (excludes halogenated alkanes) is 2. The normalized spacial score (nSPS) is 10.6. The molecule has 4 nitrogen and oxygen atoms in total. The lowest BCUT2D eigenvalue weighted by Gasteiger charge is -2.08. The summed E-state index contributed by atoms with van der Waals surface area (Å²) in [5.41, 5.74) is 3.33. The van der Waals surface area contributed by atoms with Crippen molar-refractivity contribution in [2.75, 3.05) is 0 Å². The Morgan fingerprint density at radius 2 is 0.906 bits per heavy atom. The van der Waals surface area contributed by atoms with E-state index in [1.54, 1.807) is 36.4 Å². The number of benzene rings is 3. The molecule has 3 aromatic rings. The van der Waals surface area contributed by atoms with Gasteiger partial charge in [0, 0.05) is 0 Å². The molecule has 0 heterocycles. The van der Waals surface area contributed by atoms with E-state index in [0.29, 0.717) is 22.6 Å². The highest BCUT2D eigenvalue weighted by atomic mass is 16.5. The largest absolute Gasteiger partial charge is 0.423 e. The van der Waals surface area contributed by atoms with Gasteiger partial charge in [-0.3, -0.25) is 0 Å². The lowest BCUT2D eigenvalue weighted by molar-refractivity contribution is 0.0730. The van der Waals surface area contributed by atoms with Gasteiger partial charge in [-0.15, -0.1) is 0 Å². The third-order valence-electron chi connectivity index (χ3n) is 5.26. The maximum atomic E-state index is 12.4. The fraction of sp³-hybridized carbons (Fsp3) is 0.286. The number of hydrogen-bond acceptors (Lipinski definition) is 4. The highest BCUT2D eigenvalue weighted by Gasteiger charge is 2.12. The summed E-state index contributed by atoms with van der Waals surface area (Å²) in [4.78, 5) is 24.8. The SMILES string of the molecule is CCCCc1ccc(OC(=O)c2ccc(OC(=O)c3ccc(CCCC)cc3)cc2)cc1. The van der Waals surface area contributed by atoms with Crippen molar-refractivity contribution in [2.45, 2.75) is 52.4 Å². The number of ether oxygens (including phenoxy) is 2. The van der Waals surface area contributed by atoms with Gasteiger partial charge < -0.3 is 9.47 Å². The van der Waals surface area contributed by atoms with Gasteiger partial charge in [-0.05, 0) is 85.3 Å². The maximum Gasteiger partial charge on any atom is 0.343 e. The van der Waals surface area contributed by atoms with Crippen molar-refractivity contribution in [3.8, 4) is 11.5 Å². The van der Waals surface area contributed by atoms with Crippen molar-refractivity contribution in [3.05, 3.63) is 95.1 Å². The van der Waals surface area contributed by atoms with Gasteiger partial charge in [-0.1, -0.05) is 51.0 Å². The Morgan fingerprint density at radius 3 is 1.31 bits per heavy atom. The van der Waals surface area contributed by atoms with Gasteiger partial charge in [0.2, 0.25) is 0 Å². The third kappa shape index (κ3) is 6.81. The van der Waals surface area contributed by atoms with Gasteiger partial charge in [0.1, 0.15) is 11.5 Å². The molecule has 0 atom stereocenters. The van der Waals surface area contributed by atoms with Crippen LogP contribution in [0, 0.1) is 0 Å². The molecule has 0 aliphatic carbocycles. The summed E-state index contributed by atoms with van der Waals surface area (Å²) in [6.45, 7) is 4.32. The predicted octanol–water partition coefficient (Wildman–Crippen LogP) is 6.81. The van der Waals surface area contributed by atoms with E-state index in [4.69, 9.17) is 9.47 Å². The Hall–Kier alpha value is -3.40. The van der Waals surface area contributed by atoms with Crippen LogP contribution >= 0.6 is 0 Å². The monoisotopic (exact) mass is 430 g/mol. The first-order valence-corrected chi connectivity index (χ1v) is 11.3. The van der Waals surface area contributed by atoms with Gasteiger partial charge in [-0.25, -0.2) is 9.59 Å². The standard InChI is InChI=1S/C28H30O4/c1-3-5-7-21-9-13-23(14-10-21)27(29)32-26-19-15-24(16-20-26)28(30)31-25-17-11-22(12-18-25)8-6-4-2/h9-20H,3-8H2,1-2H3. The molecule has 0 fully saturated rings. The van der Waals surface area contributed by atoms with Crippen LogP contribution in [0.15, 0.2) is 72.8 Å². The molecule has 166 valence electrons. The van der Waals surface area contributed by atoms with E-state index in [1.165, 1.54) is 11.1 Å². The number of carbonyl (C=O) groups excluding carboxylic acids is 2. The second kappa shape index (κ2) is 11.8. The zero-order chi connectivity index (χ0) is 22.8. The summed E-state index contributed by atoms with van der Waals surface area (Å²) in [6, 6.07) is 21.5. The molecule has 0 spiro atoms. The topological polar surface area (TPSA) is 52.6 Å². The van der Waals surface area contributed by atoms with Gasteiger partial charge in [0.15, 0.2) is 0 Å². The minimum atomic E-state index is -0.452. The molecule has 0 radical (unpaired) electrons. The highest BCUT2D eigenvalue weighted by molar-refractivity contribution is 5.92. The molecule has 0 bridgehead atoms. The van der Waals surface area contributed by atoms with Crippen LogP contribution in [0.4, 0.5) is 0 Å². The molecule has 32 heavy (non-hydrogen) atoms. The van der Waals surface area contributed by atoms with E-state index < -0.39 is 11.9 Å². The fourth-order valence-corrected chi connectivity index (χ4v) is 3.28. The summed E-state index contributed by atoms with van der Waals surface area (Å²) in [7, 11) is 0. The van der Waals surface area contributed by atoms with Gasteiger partial charge in [0.25, 0.3) is 0 Å². The molecule has 0 aliphatic rings. The number of carbonyl (C=O) groups is 2. The van der Waals surface area contributed by atoms with Crippen molar-refractivity contribution in [3.63, 3.8) is 0 Å². The van der Waals surface area contributed by atoms with E-state index >= 15 is 0 Å². The Kier molecular flexibility index (Phi) is 8.61. The van der Waals surface area contributed by atoms with Crippen LogP contribution in [-0.2, 0) is 12.8 Å². The lowest BCUT2D eigenvalue weighted by Crippen LogP contribution is -2.10. The van der Waals surface area contributed by atoms with Crippen LogP contribution in [0.25, 0.3) is 0 Å². The van der Waals surface area contributed by atoms with Crippen LogP contribution in [0.5, 0.6) is 11.5 Å². The van der Waals surface area contributed by atoms with E-state index in [-0.39, 0.29) is 0 Å². The number of esters is 2. The van der Waals surface area contributed by atoms with Crippen LogP contribution in [0.3, 0.4) is 0 Å². The summed E-state index contributed by atoms with van der Waals surface area (Å²) in [5.74, 6) is 0.00686. The molecule has 4 heteroatoms. The summed E-state index contributed by atoms with van der Waals surface area (Å²) in [6.07, 6.45) is 6.58. The number of hydrogen-bond donors (Lipinski definition) is 0. The van der Waals surface area contributed by atoms with Gasteiger partial charge in [0.05, 0.1) is 11.1 Å². The molecule has 0 amide bonds. The molecule has 0 aliphatic heterocycles. The minimum absolute atomic E-state index is 0.377. The molecule has 0 saturated carbocycles. The summed E-state index contributed by atoms with van der Waals surface area (Å²) < 4.78 is 10.9. The Morgan fingerprint density at radius 1 is 0.562 bits per heavy atom. The second-order valence-corrected chi connectivity index (χ2v) is 7.85. The van der Waals surface area contributed by atoms with Crippen molar-refractivity contribution >= 4 is 11.9 Å². The summed E-state index contributed by atoms with van der Waals surface area (Å²) in [5, 5.41) is 0. The molecule has 0 unspecified atom stereocenters. The average molecular weight is 431 g/mol. The zero-order valence-electron chi connectivity index (χ0n) is 18.8. The minimum Gasteiger partial charge on any atom is -0.423 e. The van der Waals surface area contributed by atoms with Crippen LogP contribution in [-0.4, -0.2) is 11.9 Å². The third-order valence-corrected chi connectivity index (χ3v) is 5.26. The molecule has 0 N–H and O–H groups in total. The number of aryl methyl sites for hydroxylation is 2. The van der Waals surface area contributed by atoms with Crippen LogP contribution in [0.1, 0.15) is 71.4 Å². The quantitative estimate of drug-likeness (QED) is 0.262. The maximum absolute atomic E-state index is 12.4. The fourth-order valence-electron chi connectivity index (χ4n) is 3.28. The van der Waals surface area contributed by atoms with Crippen molar-refractivity contribution in [2.24, 2.45) is 0 Å². The highest BCUT2D eigenvalue weighted by Crippen LogP contribution is 2.19. The van der Waals surface area contributed by atoms with Crippen molar-refractivity contribution in [1.82, 2.24) is 0 Å². The van der Waals surface area contributed by atoms with Gasteiger partial charge >= 0.3 is 11.9 Å². The molecule has 3 rings (SSSR count). The Labute approximate surface area is 190 Å². The van der Waals surface area contributed by atoms with Crippen LogP contribution in [0.2, 0.25) is 0 Å². The van der Waals surface area contributed by atoms with Gasteiger partial charge in [-0.2, -0.15) is 0 Å². The predicted molar refractivity (Wildman–Crippen MR) is 126 cm³/mol. The van der Waals surface area contributed by atoms with Crippen molar-refractivity contribution < 1.29 is 19.1 Å². The molecular weight excluding hydrogens is 400 g/mol. The second-order valence-electron chi connectivity index (χ2n) is 7.85. The lowest BCUT2D eigenvalue weighted by atomic mass is 10.1. The number of rotatable bonds is 10. The molecule has 0 saturated heterocycles. The first kappa shape index (κ1) is 23.3. The molecule has 3 aromatic carbocycles. The first-order chi connectivity index (χ1) is 15.6. The van der Waals surface area contributed by atoms with Crippen LogP contribution < -0.4 is 9.47 Å². The zero-order valence-corrected chi connectivity index (χ0v) is 18.8. The van der Waals surface area contributed by atoms with E-state index in [9.17, 15) is 9.59 Å². The van der Waals surface area contributed by atoms with E-state index in [2.05, 4.69) is 13.8 Å². The Balaban J connectivity index is 1.54. The molecule has 0 aromatic heterocycles.